The van der Waals surface area contributed by atoms with Crippen LogP contribution in [0.4, 0.5) is 0 Å². The van der Waals surface area contributed by atoms with Gasteiger partial charge in [0, 0.05) is 13.0 Å². The summed E-state index contributed by atoms with van der Waals surface area (Å²) >= 11 is 0. The van der Waals surface area contributed by atoms with Crippen molar-refractivity contribution in [1.82, 2.24) is 0 Å². The van der Waals surface area contributed by atoms with Gasteiger partial charge in [-0.15, -0.1) is 0 Å². The first-order valence-corrected chi connectivity index (χ1v) is 3.15. The molecule has 0 saturated heterocycles. The van der Waals surface area contributed by atoms with Gasteiger partial charge in [0.2, 0.25) is 0 Å². The van der Waals surface area contributed by atoms with E-state index in [4.69, 9.17) is 4.74 Å². The van der Waals surface area contributed by atoms with Crippen molar-refractivity contribution in [2.24, 2.45) is 5.92 Å². The van der Waals surface area contributed by atoms with Gasteiger partial charge in [-0.25, -0.2) is 0 Å². The lowest BCUT2D eigenvalue weighted by molar-refractivity contribution is -0.163. The maximum atomic E-state index is 9.53. The normalized spacial score (nSPS) is 38.5. The van der Waals surface area contributed by atoms with Crippen LogP contribution in [-0.2, 0) is 4.74 Å². The molecule has 2 atom stereocenters. The van der Waals surface area contributed by atoms with Crippen molar-refractivity contribution in [2.45, 2.75) is 5.79 Å². The molecule has 1 N–H and O–H groups in total. The van der Waals surface area contributed by atoms with Crippen molar-refractivity contribution in [1.29, 1.82) is 0 Å². The lowest BCUT2D eigenvalue weighted by Crippen LogP contribution is -2.36. The van der Waals surface area contributed by atoms with Crippen molar-refractivity contribution in [3.63, 3.8) is 0 Å². The van der Waals surface area contributed by atoms with E-state index in [1.807, 2.05) is 6.08 Å². The van der Waals surface area contributed by atoms with Gasteiger partial charge in [-0.3, -0.25) is 0 Å². The number of aliphatic hydroxyl groups is 1. The average molecular weight is 139 g/mol. The molecule has 1 aliphatic carbocycles. The van der Waals surface area contributed by atoms with Gasteiger partial charge in [-0.1, -0.05) is 18.2 Å². The molecule has 0 saturated carbocycles. The molecule has 2 heteroatoms. The smallest absolute Gasteiger partial charge is 0.191 e. The average Bonchev–Trinajstić information content (AvgIpc) is 1.96. The summed E-state index contributed by atoms with van der Waals surface area (Å²) in [6.45, 7) is 3.71. The second-order valence-electron chi connectivity index (χ2n) is 2.31. The number of hydrogen-bond acceptors (Lipinski definition) is 2. The van der Waals surface area contributed by atoms with Crippen LogP contribution < -0.4 is 0 Å². The van der Waals surface area contributed by atoms with Gasteiger partial charge in [0.15, 0.2) is 5.79 Å². The van der Waals surface area contributed by atoms with Crippen LogP contribution in [0.2, 0.25) is 0 Å². The van der Waals surface area contributed by atoms with Crippen molar-refractivity contribution >= 4 is 0 Å². The Balaban J connectivity index is 2.77. The van der Waals surface area contributed by atoms with E-state index in [1.165, 1.54) is 7.11 Å². The number of hydrogen-bond donors (Lipinski definition) is 1. The topological polar surface area (TPSA) is 29.5 Å². The first-order chi connectivity index (χ1) is 4.69. The summed E-state index contributed by atoms with van der Waals surface area (Å²) in [5.41, 5.74) is 0. The van der Waals surface area contributed by atoms with Gasteiger partial charge in [-0.2, -0.15) is 0 Å². The highest BCUT2D eigenvalue weighted by Gasteiger charge is 2.29. The third-order valence-electron chi connectivity index (χ3n) is 1.65. The SMILES string of the molecule is [CH2]C1C=CC=CC1(O)OC. The van der Waals surface area contributed by atoms with Gasteiger partial charge in [0.1, 0.15) is 0 Å². The largest absolute Gasteiger partial charge is 0.362 e. The summed E-state index contributed by atoms with van der Waals surface area (Å²) in [7, 11) is 1.46. The maximum absolute atomic E-state index is 9.53. The van der Waals surface area contributed by atoms with Crippen LogP contribution in [0.25, 0.3) is 0 Å². The number of methoxy groups -OCH3 is 1. The van der Waals surface area contributed by atoms with Crippen LogP contribution in [0.5, 0.6) is 0 Å². The molecule has 0 aliphatic heterocycles. The van der Waals surface area contributed by atoms with Crippen molar-refractivity contribution in [3.05, 3.63) is 31.2 Å². The quantitative estimate of drug-likeness (QED) is 0.547. The predicted molar refractivity (Wildman–Crippen MR) is 39.1 cm³/mol. The summed E-state index contributed by atoms with van der Waals surface area (Å²) in [6.07, 6.45) is 6.96. The van der Waals surface area contributed by atoms with Crippen molar-refractivity contribution in [2.75, 3.05) is 7.11 Å². The monoisotopic (exact) mass is 139 g/mol. The zero-order valence-corrected chi connectivity index (χ0v) is 5.95. The van der Waals surface area contributed by atoms with Gasteiger partial charge < -0.3 is 9.84 Å². The first kappa shape index (κ1) is 7.51. The molecular formula is C8H11O2. The minimum Gasteiger partial charge on any atom is -0.362 e. The van der Waals surface area contributed by atoms with Gasteiger partial charge in [-0.05, 0) is 13.0 Å². The minimum atomic E-state index is -1.20. The number of rotatable bonds is 1. The highest BCUT2D eigenvalue weighted by Crippen LogP contribution is 2.23. The molecular weight excluding hydrogens is 128 g/mol. The number of ether oxygens (including phenoxy) is 1. The summed E-state index contributed by atoms with van der Waals surface area (Å²) in [4.78, 5) is 0. The molecule has 0 heterocycles. The van der Waals surface area contributed by atoms with Crippen molar-refractivity contribution < 1.29 is 9.84 Å². The van der Waals surface area contributed by atoms with Crippen LogP contribution >= 0.6 is 0 Å². The summed E-state index contributed by atoms with van der Waals surface area (Å²) in [5, 5.41) is 9.53. The van der Waals surface area contributed by atoms with Gasteiger partial charge in [0.25, 0.3) is 0 Å². The molecule has 1 aliphatic rings. The third-order valence-corrected chi connectivity index (χ3v) is 1.65. The van der Waals surface area contributed by atoms with E-state index in [0.717, 1.165) is 0 Å². The van der Waals surface area contributed by atoms with Crippen LogP contribution in [0.15, 0.2) is 24.3 Å². The molecule has 0 fully saturated rings. The van der Waals surface area contributed by atoms with Crippen LogP contribution in [0.3, 0.4) is 0 Å². The maximum Gasteiger partial charge on any atom is 0.191 e. The Bertz CT molecular complexity index is 172. The molecule has 0 aromatic rings. The second-order valence-corrected chi connectivity index (χ2v) is 2.31. The lowest BCUT2D eigenvalue weighted by Gasteiger charge is -2.29. The summed E-state index contributed by atoms with van der Waals surface area (Å²) in [5.74, 6) is -1.42. The first-order valence-electron chi connectivity index (χ1n) is 3.15. The van der Waals surface area contributed by atoms with E-state index in [1.54, 1.807) is 18.2 Å². The molecule has 2 nitrogen and oxygen atoms in total. The van der Waals surface area contributed by atoms with Crippen molar-refractivity contribution in [3.8, 4) is 0 Å². The van der Waals surface area contributed by atoms with E-state index in [-0.39, 0.29) is 5.92 Å². The van der Waals surface area contributed by atoms with E-state index in [9.17, 15) is 5.11 Å². The van der Waals surface area contributed by atoms with E-state index in [0.29, 0.717) is 0 Å². The lowest BCUT2D eigenvalue weighted by atomic mass is 9.96. The molecule has 1 radical (unpaired) electrons. The summed E-state index contributed by atoms with van der Waals surface area (Å²) in [6, 6.07) is 0. The van der Waals surface area contributed by atoms with Crippen LogP contribution in [-0.4, -0.2) is 18.0 Å². The molecule has 0 aromatic carbocycles. The molecule has 1 rings (SSSR count). The Hall–Kier alpha value is -0.600. The fourth-order valence-corrected chi connectivity index (χ4v) is 0.873. The fourth-order valence-electron chi connectivity index (χ4n) is 0.873. The predicted octanol–water partition coefficient (Wildman–Crippen LogP) is 0.898. The van der Waals surface area contributed by atoms with Gasteiger partial charge in [0.05, 0.1) is 0 Å². The van der Waals surface area contributed by atoms with Crippen LogP contribution in [0.1, 0.15) is 0 Å². The molecule has 55 valence electrons. The molecule has 10 heavy (non-hydrogen) atoms. The molecule has 2 unspecified atom stereocenters. The van der Waals surface area contributed by atoms with E-state index < -0.39 is 5.79 Å². The Morgan fingerprint density at radius 3 is 2.70 bits per heavy atom. The molecule has 0 amide bonds. The Morgan fingerprint density at radius 2 is 2.30 bits per heavy atom. The van der Waals surface area contributed by atoms with Gasteiger partial charge >= 0.3 is 0 Å². The van der Waals surface area contributed by atoms with E-state index in [2.05, 4.69) is 6.92 Å². The highest BCUT2D eigenvalue weighted by molar-refractivity contribution is 5.19. The second kappa shape index (κ2) is 2.56. The zero-order chi connectivity index (χ0) is 7.61. The Labute approximate surface area is 60.8 Å². The minimum absolute atomic E-state index is 0.220. The van der Waals surface area contributed by atoms with E-state index >= 15 is 0 Å². The summed E-state index contributed by atoms with van der Waals surface area (Å²) < 4.78 is 4.85. The zero-order valence-electron chi connectivity index (χ0n) is 5.95. The van der Waals surface area contributed by atoms with Crippen LogP contribution in [0, 0.1) is 12.8 Å². The fraction of sp³-hybridized carbons (Fsp3) is 0.375. The molecule has 0 aromatic heterocycles. The molecule has 0 spiro atoms. The number of allylic oxidation sites excluding steroid dienone is 2. The third kappa shape index (κ3) is 1.13. The Morgan fingerprint density at radius 1 is 1.60 bits per heavy atom. The molecule has 0 bridgehead atoms. The highest BCUT2D eigenvalue weighted by atomic mass is 16.6. The Kier molecular flexibility index (Phi) is 1.92. The standard InChI is InChI=1S/C8H11O2/c1-7-5-3-4-6-8(7,9)10-2/h3-7,9H,1H2,2H3.